The second-order valence-corrected chi connectivity index (χ2v) is 10.8. The van der Waals surface area contributed by atoms with E-state index in [1.165, 1.54) is 23.1 Å². The van der Waals surface area contributed by atoms with E-state index < -0.39 is 35.6 Å². The van der Waals surface area contributed by atoms with Crippen molar-refractivity contribution in [1.29, 1.82) is 0 Å². The average molecular weight is 516 g/mol. The lowest BCUT2D eigenvalue weighted by atomic mass is 9.86. The minimum absolute atomic E-state index is 0.0503. The van der Waals surface area contributed by atoms with Crippen LogP contribution in [-0.2, 0) is 14.4 Å². The Morgan fingerprint density at radius 2 is 2.12 bits per heavy atom. The monoisotopic (exact) mass is 515 g/mol. The van der Waals surface area contributed by atoms with Gasteiger partial charge >= 0.3 is 5.97 Å². The molecule has 2 aromatic rings. The molecular formula is C16H14ClN7O5S3. The summed E-state index contributed by atoms with van der Waals surface area (Å²) in [5.41, 5.74) is 4.81. The number of thiazole rings is 1. The van der Waals surface area contributed by atoms with Crippen molar-refractivity contribution in [2.45, 2.75) is 36.2 Å². The maximum atomic E-state index is 12.8. The van der Waals surface area contributed by atoms with Crippen molar-refractivity contribution < 1.29 is 24.7 Å². The highest BCUT2D eigenvalue weighted by Crippen LogP contribution is 2.43. The molecule has 2 aliphatic heterocycles. The number of amides is 2. The molecule has 0 radical (unpaired) electrons. The molecule has 16 heteroatoms. The van der Waals surface area contributed by atoms with Gasteiger partial charge in [-0.15, -0.1) is 10.2 Å². The number of nitrogen functional groups attached to an aromatic ring is 1. The number of allylic oxidation sites excluding steroid dienone is 1. The highest BCUT2D eigenvalue weighted by molar-refractivity contribution is 8.04. The number of nitrogens with two attached hydrogens (primary N) is 1. The van der Waals surface area contributed by atoms with Gasteiger partial charge in [-0.25, -0.2) is 9.78 Å². The number of aliphatic carboxylic acids is 1. The summed E-state index contributed by atoms with van der Waals surface area (Å²) in [7, 11) is 0. The third-order valence-electron chi connectivity index (χ3n) is 4.74. The zero-order valence-corrected chi connectivity index (χ0v) is 19.3. The van der Waals surface area contributed by atoms with Crippen LogP contribution in [0.3, 0.4) is 0 Å². The molecule has 1 unspecified atom stereocenters. The number of anilines is 1. The Bertz CT molecular complexity index is 1190. The van der Waals surface area contributed by atoms with E-state index in [-0.39, 0.29) is 20.9 Å². The third kappa shape index (κ3) is 3.92. The molecule has 168 valence electrons. The van der Waals surface area contributed by atoms with Crippen LogP contribution in [0.4, 0.5) is 5.13 Å². The van der Waals surface area contributed by atoms with E-state index in [4.69, 9.17) is 17.3 Å². The number of carboxylic acids is 1. The topological polar surface area (TPSA) is 184 Å². The largest absolute Gasteiger partial charge is 0.477 e. The number of aryl methyl sites for hydroxylation is 1. The summed E-state index contributed by atoms with van der Waals surface area (Å²) < 4.78 is 0.630. The molecule has 1 fully saturated rings. The fourth-order valence-corrected chi connectivity index (χ4v) is 6.40. The van der Waals surface area contributed by atoms with Crippen LogP contribution in [0, 0.1) is 6.92 Å². The number of aromatic nitrogens is 3. The number of oxime groups is 1. The van der Waals surface area contributed by atoms with Gasteiger partial charge in [-0.1, -0.05) is 51.2 Å². The number of carbonyl (C=O) groups excluding carboxylic acids is 2. The molecule has 12 nitrogen and oxygen atoms in total. The van der Waals surface area contributed by atoms with Crippen LogP contribution >= 0.6 is 46.0 Å². The predicted molar refractivity (Wildman–Crippen MR) is 117 cm³/mol. The van der Waals surface area contributed by atoms with Crippen molar-refractivity contribution in [2.75, 3.05) is 5.73 Å². The Morgan fingerprint density at radius 3 is 2.69 bits per heavy atom. The molecule has 2 aliphatic rings. The summed E-state index contributed by atoms with van der Waals surface area (Å²) in [4.78, 5) is 42.9. The predicted octanol–water partition coefficient (Wildman–Crippen LogP) is 1.29. The van der Waals surface area contributed by atoms with Crippen molar-refractivity contribution in [3.63, 3.8) is 0 Å². The van der Waals surface area contributed by atoms with Crippen molar-refractivity contribution in [3.8, 4) is 0 Å². The number of fused-ring (bicyclic) bond motifs is 1. The van der Waals surface area contributed by atoms with Crippen molar-refractivity contribution in [1.82, 2.24) is 25.4 Å². The number of carboxylic acid groups (broad SMARTS) is 1. The van der Waals surface area contributed by atoms with Gasteiger partial charge < -0.3 is 21.4 Å². The Balaban J connectivity index is 1.53. The number of β-lactam (4-membered cyclic amide) rings is 1. The van der Waals surface area contributed by atoms with Crippen LogP contribution in [0.1, 0.15) is 23.5 Å². The minimum Gasteiger partial charge on any atom is -0.477 e. The zero-order valence-electron chi connectivity index (χ0n) is 16.1. The molecule has 32 heavy (non-hydrogen) atoms. The molecule has 0 spiro atoms. The van der Waals surface area contributed by atoms with E-state index >= 15 is 0 Å². The Hall–Kier alpha value is -2.75. The molecule has 1 saturated heterocycles. The lowest BCUT2D eigenvalue weighted by Crippen LogP contribution is -2.72. The first kappa shape index (κ1) is 22.4. The summed E-state index contributed by atoms with van der Waals surface area (Å²) in [6, 6.07) is -1.55. The smallest absolute Gasteiger partial charge is 0.353 e. The van der Waals surface area contributed by atoms with Gasteiger partial charge in [0.2, 0.25) is 0 Å². The van der Waals surface area contributed by atoms with Gasteiger partial charge in [-0.2, -0.15) is 0 Å². The van der Waals surface area contributed by atoms with Crippen LogP contribution in [0.25, 0.3) is 0 Å². The van der Waals surface area contributed by atoms with Gasteiger partial charge in [0, 0.05) is 4.91 Å². The molecular weight excluding hydrogens is 502 g/mol. The highest BCUT2D eigenvalue weighted by atomic mass is 35.5. The van der Waals surface area contributed by atoms with Gasteiger partial charge in [-0.05, 0) is 19.8 Å². The lowest BCUT2D eigenvalue weighted by Gasteiger charge is -2.49. The van der Waals surface area contributed by atoms with Crippen LogP contribution in [0.2, 0.25) is 4.34 Å². The molecule has 2 amide bonds. The van der Waals surface area contributed by atoms with E-state index in [9.17, 15) is 24.7 Å². The second-order valence-electron chi connectivity index (χ2n) is 6.65. The quantitative estimate of drug-likeness (QED) is 0.189. The molecule has 2 aromatic heterocycles. The van der Waals surface area contributed by atoms with Gasteiger partial charge in [0.15, 0.2) is 15.2 Å². The van der Waals surface area contributed by atoms with Crippen LogP contribution in [0.15, 0.2) is 20.1 Å². The van der Waals surface area contributed by atoms with Crippen LogP contribution in [0.5, 0.6) is 0 Å². The normalized spacial score (nSPS) is 20.8. The van der Waals surface area contributed by atoms with E-state index in [1.54, 1.807) is 6.92 Å². The molecule has 5 N–H and O–H groups in total. The average Bonchev–Trinajstić information content (AvgIpc) is 3.30. The van der Waals surface area contributed by atoms with E-state index in [1.807, 2.05) is 0 Å². The lowest BCUT2D eigenvalue weighted by molar-refractivity contribution is -0.155. The summed E-state index contributed by atoms with van der Waals surface area (Å²) in [5.74, 6) is -2.73. The van der Waals surface area contributed by atoms with Crippen LogP contribution < -0.4 is 11.1 Å². The molecule has 2 atom stereocenters. The maximum Gasteiger partial charge on any atom is 0.353 e. The van der Waals surface area contributed by atoms with E-state index in [0.29, 0.717) is 22.1 Å². The fraction of sp³-hybridized carbons (Fsp3) is 0.312. The second kappa shape index (κ2) is 8.65. The Morgan fingerprint density at radius 1 is 1.38 bits per heavy atom. The number of hydrogen-bond acceptors (Lipinski definition) is 12. The van der Waals surface area contributed by atoms with Gasteiger partial charge in [0.05, 0.1) is 6.04 Å². The molecule has 4 rings (SSSR count). The van der Waals surface area contributed by atoms with Gasteiger partial charge in [0.25, 0.3) is 11.8 Å². The number of nitrogens with one attached hydrogen (secondary N) is 1. The Labute approximate surface area is 197 Å². The fourth-order valence-electron chi connectivity index (χ4n) is 3.43. The number of halogens is 1. The van der Waals surface area contributed by atoms with Gasteiger partial charge in [0.1, 0.15) is 26.8 Å². The first-order valence-electron chi connectivity index (χ1n) is 8.93. The summed E-state index contributed by atoms with van der Waals surface area (Å²) in [6.07, 6.45) is 0.796. The van der Waals surface area contributed by atoms with E-state index in [0.717, 1.165) is 21.2 Å². The van der Waals surface area contributed by atoms with Crippen molar-refractivity contribution >= 4 is 74.7 Å². The first-order chi connectivity index (χ1) is 15.2. The molecule has 0 aliphatic carbocycles. The maximum absolute atomic E-state index is 12.8. The van der Waals surface area contributed by atoms with E-state index in [2.05, 4.69) is 25.7 Å². The molecule has 0 aromatic carbocycles. The first-order valence-corrected chi connectivity index (χ1v) is 11.8. The van der Waals surface area contributed by atoms with Crippen molar-refractivity contribution in [2.24, 2.45) is 5.16 Å². The number of rotatable bonds is 6. The number of hydrogen-bond donors (Lipinski definition) is 4. The molecule has 4 heterocycles. The molecule has 0 bridgehead atoms. The summed E-state index contributed by atoms with van der Waals surface area (Å²) >= 11 is 9.36. The van der Waals surface area contributed by atoms with Crippen molar-refractivity contribution in [3.05, 3.63) is 25.6 Å². The summed E-state index contributed by atoms with van der Waals surface area (Å²) in [5, 5.41) is 33.2. The SMILES string of the molecule is Cc1nnc(SC2=C(C(=O)O)N3C(=O)[C@@H](NC(=O)C(=NO)c4nc(N)sc4Cl)C3CC2)s1. The number of carbonyl (C=O) groups is 3. The zero-order chi connectivity index (χ0) is 23.2. The Kier molecular flexibility index (Phi) is 6.07. The summed E-state index contributed by atoms with van der Waals surface area (Å²) in [6.45, 7) is 1.79. The standard InChI is InChI=1S/C16H14ClN7O5S3/c1-4-21-22-16(30-4)31-6-3-2-5-7(13(26)24(5)10(6)14(27)28)19-12(25)9(23-29)8-11(17)32-15(18)20-8/h5,7,29H,2-3H2,1H3,(H2,18,20)(H,19,25)(H,27,28)/t5?,7-/m0/s1. The number of thioether (sulfide) groups is 1. The third-order valence-corrected chi connectivity index (χ3v) is 7.86. The number of nitrogens with zero attached hydrogens (tertiary/aromatic N) is 5. The molecule has 0 saturated carbocycles. The minimum atomic E-state index is -1.25. The highest BCUT2D eigenvalue weighted by Gasteiger charge is 2.54. The van der Waals surface area contributed by atoms with Crippen LogP contribution in [-0.4, -0.2) is 66.0 Å². The van der Waals surface area contributed by atoms with Gasteiger partial charge in [-0.3, -0.25) is 14.5 Å².